The van der Waals surface area contributed by atoms with Crippen molar-refractivity contribution >= 4 is 17.5 Å². The van der Waals surface area contributed by atoms with Crippen LogP contribution in [0.5, 0.6) is 0 Å². The molecule has 0 radical (unpaired) electrons. The molecule has 0 spiro atoms. The maximum Gasteiger partial charge on any atom is 0.254 e. The van der Waals surface area contributed by atoms with Gasteiger partial charge in [-0.2, -0.15) is 0 Å². The van der Waals surface area contributed by atoms with Gasteiger partial charge in [0, 0.05) is 23.2 Å². The molecule has 1 amide bonds. The van der Waals surface area contributed by atoms with E-state index >= 15 is 0 Å². The van der Waals surface area contributed by atoms with Gasteiger partial charge >= 0.3 is 0 Å². The van der Waals surface area contributed by atoms with Crippen molar-refractivity contribution in [1.82, 2.24) is 10.2 Å². The third kappa shape index (κ3) is 3.58. The molecule has 1 aromatic carbocycles. The molecule has 0 unspecified atom stereocenters. The van der Waals surface area contributed by atoms with Gasteiger partial charge in [-0.3, -0.25) is 4.79 Å². The van der Waals surface area contributed by atoms with Gasteiger partial charge in [0.05, 0.1) is 0 Å². The lowest BCUT2D eigenvalue weighted by Gasteiger charge is -2.30. The topological polar surface area (TPSA) is 32.3 Å². The zero-order valence-electron chi connectivity index (χ0n) is 12.6. The van der Waals surface area contributed by atoms with E-state index in [0.29, 0.717) is 12.0 Å². The van der Waals surface area contributed by atoms with Gasteiger partial charge in [0.15, 0.2) is 0 Å². The van der Waals surface area contributed by atoms with Crippen LogP contribution in [0, 0.1) is 12.8 Å². The van der Waals surface area contributed by atoms with Crippen LogP contribution in [0.4, 0.5) is 0 Å². The molecule has 4 heteroatoms. The van der Waals surface area contributed by atoms with E-state index in [4.69, 9.17) is 11.6 Å². The number of piperidine rings is 1. The highest BCUT2D eigenvalue weighted by Gasteiger charge is 2.34. The predicted octanol–water partition coefficient (Wildman–Crippen LogP) is 3.25. The Labute approximate surface area is 131 Å². The lowest BCUT2D eigenvalue weighted by atomic mass is 9.97. The van der Waals surface area contributed by atoms with Crippen LogP contribution in [0.15, 0.2) is 18.2 Å². The smallest absolute Gasteiger partial charge is 0.254 e. The van der Waals surface area contributed by atoms with Crippen LogP contribution in [0.2, 0.25) is 5.02 Å². The van der Waals surface area contributed by atoms with Gasteiger partial charge in [-0.15, -0.1) is 0 Å². The van der Waals surface area contributed by atoms with E-state index in [1.165, 1.54) is 12.8 Å². The van der Waals surface area contributed by atoms with Crippen molar-refractivity contribution in [2.24, 2.45) is 5.92 Å². The Morgan fingerprint density at radius 1 is 1.29 bits per heavy atom. The summed E-state index contributed by atoms with van der Waals surface area (Å²) in [4.78, 5) is 14.9. The summed E-state index contributed by atoms with van der Waals surface area (Å²) in [5.74, 6) is 0.819. The summed E-state index contributed by atoms with van der Waals surface area (Å²) in [6.45, 7) is 5.02. The first-order chi connectivity index (χ1) is 10.1. The molecule has 2 fully saturated rings. The molecule has 1 saturated heterocycles. The molecule has 21 heavy (non-hydrogen) atoms. The number of hydrogen-bond acceptors (Lipinski definition) is 2. The van der Waals surface area contributed by atoms with Crippen molar-refractivity contribution < 1.29 is 4.79 Å². The number of nitrogens with one attached hydrogen (secondary N) is 1. The van der Waals surface area contributed by atoms with Crippen molar-refractivity contribution in [2.45, 2.75) is 38.6 Å². The van der Waals surface area contributed by atoms with Crippen molar-refractivity contribution in [3.05, 3.63) is 34.3 Å². The first-order valence-corrected chi connectivity index (χ1v) is 8.31. The second-order valence-corrected chi connectivity index (χ2v) is 6.75. The van der Waals surface area contributed by atoms with E-state index < -0.39 is 0 Å². The number of benzene rings is 1. The molecule has 3 rings (SSSR count). The van der Waals surface area contributed by atoms with Crippen LogP contribution >= 0.6 is 11.6 Å². The van der Waals surface area contributed by atoms with Crippen LogP contribution in [0.25, 0.3) is 0 Å². The number of nitrogens with zero attached hydrogens (tertiary/aromatic N) is 1. The Morgan fingerprint density at radius 2 is 2.00 bits per heavy atom. The summed E-state index contributed by atoms with van der Waals surface area (Å²) >= 11 is 6.06. The molecule has 1 aromatic rings. The van der Waals surface area contributed by atoms with Crippen molar-refractivity contribution in [1.29, 1.82) is 0 Å². The average molecular weight is 307 g/mol. The van der Waals surface area contributed by atoms with Crippen molar-refractivity contribution in [3.63, 3.8) is 0 Å². The standard InChI is InChI=1S/C17H23ClN2O/c1-12-10-14(2-5-16(12)18)17(21)20(15-3-4-15)11-13-6-8-19-9-7-13/h2,5,10,13,15,19H,3-4,6-9,11H2,1H3. The maximum atomic E-state index is 12.8. The summed E-state index contributed by atoms with van der Waals surface area (Å²) in [6.07, 6.45) is 4.67. The van der Waals surface area contributed by atoms with Crippen LogP contribution in [0.1, 0.15) is 41.6 Å². The fraction of sp³-hybridized carbons (Fsp3) is 0.588. The Hall–Kier alpha value is -1.06. The average Bonchev–Trinajstić information content (AvgIpc) is 3.33. The molecule has 1 N–H and O–H groups in total. The summed E-state index contributed by atoms with van der Waals surface area (Å²) in [7, 11) is 0. The summed E-state index contributed by atoms with van der Waals surface area (Å²) < 4.78 is 0. The highest BCUT2D eigenvalue weighted by atomic mass is 35.5. The number of halogens is 1. The van der Waals surface area contributed by atoms with Crippen LogP contribution in [-0.2, 0) is 0 Å². The molecule has 1 aliphatic heterocycles. The largest absolute Gasteiger partial charge is 0.335 e. The van der Waals surface area contributed by atoms with E-state index in [0.717, 1.165) is 48.6 Å². The number of amides is 1. The minimum atomic E-state index is 0.177. The van der Waals surface area contributed by atoms with Crippen molar-refractivity contribution in [3.8, 4) is 0 Å². The van der Waals surface area contributed by atoms with Crippen molar-refractivity contribution in [2.75, 3.05) is 19.6 Å². The molecule has 0 atom stereocenters. The molecule has 1 saturated carbocycles. The van der Waals surface area contributed by atoms with Crippen LogP contribution in [-0.4, -0.2) is 36.5 Å². The zero-order chi connectivity index (χ0) is 14.8. The number of carbonyl (C=O) groups excluding carboxylic acids is 1. The van der Waals surface area contributed by atoms with Gasteiger partial charge in [0.25, 0.3) is 5.91 Å². The Balaban J connectivity index is 1.73. The van der Waals surface area contributed by atoms with Crippen LogP contribution in [0.3, 0.4) is 0 Å². The summed E-state index contributed by atoms with van der Waals surface area (Å²) in [6, 6.07) is 6.07. The Kier molecular flexibility index (Phi) is 4.51. The molecule has 3 nitrogen and oxygen atoms in total. The molecular formula is C17H23ClN2O. The number of rotatable bonds is 4. The molecule has 2 aliphatic rings. The SMILES string of the molecule is Cc1cc(C(=O)N(CC2CCNCC2)C2CC2)ccc1Cl. The van der Waals surface area contributed by atoms with Gasteiger partial charge in [-0.25, -0.2) is 0 Å². The maximum absolute atomic E-state index is 12.8. The normalized spacial score (nSPS) is 19.5. The molecular weight excluding hydrogens is 284 g/mol. The predicted molar refractivity (Wildman–Crippen MR) is 85.8 cm³/mol. The number of aryl methyl sites for hydroxylation is 1. The van der Waals surface area contributed by atoms with E-state index in [1.54, 1.807) is 0 Å². The lowest BCUT2D eigenvalue weighted by molar-refractivity contribution is 0.0701. The van der Waals surface area contributed by atoms with Gasteiger partial charge in [0.1, 0.15) is 0 Å². The fourth-order valence-electron chi connectivity index (χ4n) is 3.07. The number of hydrogen-bond donors (Lipinski definition) is 1. The fourth-order valence-corrected chi connectivity index (χ4v) is 3.19. The first-order valence-electron chi connectivity index (χ1n) is 7.93. The summed E-state index contributed by atoms with van der Waals surface area (Å²) in [5.41, 5.74) is 1.75. The third-order valence-electron chi connectivity index (χ3n) is 4.57. The van der Waals surface area contributed by atoms with E-state index in [-0.39, 0.29) is 5.91 Å². The summed E-state index contributed by atoms with van der Waals surface area (Å²) in [5, 5.41) is 4.11. The first kappa shape index (κ1) is 14.9. The molecule has 1 heterocycles. The van der Waals surface area contributed by atoms with E-state index in [9.17, 15) is 4.79 Å². The van der Waals surface area contributed by atoms with E-state index in [1.807, 2.05) is 25.1 Å². The van der Waals surface area contributed by atoms with Gasteiger partial charge < -0.3 is 10.2 Å². The van der Waals surface area contributed by atoms with E-state index in [2.05, 4.69) is 10.2 Å². The lowest BCUT2D eigenvalue weighted by Crippen LogP contribution is -2.40. The van der Waals surface area contributed by atoms with Gasteiger partial charge in [0.2, 0.25) is 0 Å². The Bertz CT molecular complexity index is 522. The second-order valence-electron chi connectivity index (χ2n) is 6.35. The minimum absolute atomic E-state index is 0.177. The third-order valence-corrected chi connectivity index (χ3v) is 4.99. The highest BCUT2D eigenvalue weighted by molar-refractivity contribution is 6.31. The quantitative estimate of drug-likeness (QED) is 0.926. The zero-order valence-corrected chi connectivity index (χ0v) is 13.3. The number of carbonyl (C=O) groups is 1. The van der Waals surface area contributed by atoms with Gasteiger partial charge in [-0.05, 0) is 75.4 Å². The monoisotopic (exact) mass is 306 g/mol. The molecule has 114 valence electrons. The van der Waals surface area contributed by atoms with Crippen LogP contribution < -0.4 is 5.32 Å². The highest BCUT2D eigenvalue weighted by Crippen LogP contribution is 2.31. The van der Waals surface area contributed by atoms with Gasteiger partial charge in [-0.1, -0.05) is 11.6 Å². The molecule has 0 aromatic heterocycles. The molecule has 0 bridgehead atoms. The minimum Gasteiger partial charge on any atom is -0.335 e. The Morgan fingerprint density at radius 3 is 2.62 bits per heavy atom. The molecule has 1 aliphatic carbocycles. The second kappa shape index (κ2) is 6.37.